The number of piperidine rings is 1. The molecule has 1 aromatic carbocycles. The number of rotatable bonds is 2. The summed E-state index contributed by atoms with van der Waals surface area (Å²) in [4.78, 5) is 2.07. The molecule has 3 nitrogen and oxygen atoms in total. The molecule has 0 aliphatic carbocycles. The number of nitrogens with one attached hydrogen (secondary N) is 1. The molecule has 1 saturated heterocycles. The molecule has 16 heavy (non-hydrogen) atoms. The summed E-state index contributed by atoms with van der Waals surface area (Å²) < 4.78 is 0. The Hall–Kier alpha value is -1.06. The molecule has 0 bridgehead atoms. The van der Waals surface area contributed by atoms with E-state index in [0.717, 1.165) is 13.1 Å². The van der Waals surface area contributed by atoms with Gasteiger partial charge in [0.15, 0.2) is 0 Å². The van der Waals surface area contributed by atoms with E-state index in [-0.39, 0.29) is 12.0 Å². The lowest BCUT2D eigenvalue weighted by Crippen LogP contribution is -2.38. The maximum absolute atomic E-state index is 9.89. The fourth-order valence-electron chi connectivity index (χ4n) is 2.06. The van der Waals surface area contributed by atoms with Crippen molar-refractivity contribution in [2.75, 3.05) is 32.1 Å². The Morgan fingerprint density at radius 3 is 2.50 bits per heavy atom. The number of anilines is 1. The average Bonchev–Trinajstić information content (AvgIpc) is 2.30. The summed E-state index contributed by atoms with van der Waals surface area (Å²) in [6.45, 7) is 1.65. The molecule has 2 unspecified atom stereocenters. The van der Waals surface area contributed by atoms with Gasteiger partial charge in [0, 0.05) is 45.2 Å². The normalized spacial score (nSPS) is 25.4. The first-order chi connectivity index (χ1) is 7.68. The third-order valence-corrected chi connectivity index (χ3v) is 3.12. The zero-order valence-electron chi connectivity index (χ0n) is 9.85. The highest BCUT2D eigenvalue weighted by Gasteiger charge is 2.24. The number of nitrogens with zero attached hydrogens (tertiary/aromatic N) is 1. The van der Waals surface area contributed by atoms with Gasteiger partial charge in [0.25, 0.3) is 0 Å². The molecule has 2 N–H and O–H groups in total. The minimum atomic E-state index is -0.327. The zero-order valence-corrected chi connectivity index (χ0v) is 9.85. The molecule has 1 radical (unpaired) electrons. The SMILES string of the molecule is CN(C)c1ccc(C2CNC[CH]C2O)cc1. The molecule has 2 rings (SSSR count). The van der Waals surface area contributed by atoms with E-state index in [4.69, 9.17) is 0 Å². The molecule has 2 atom stereocenters. The third kappa shape index (κ3) is 2.36. The topological polar surface area (TPSA) is 35.5 Å². The number of hydrogen-bond acceptors (Lipinski definition) is 3. The summed E-state index contributed by atoms with van der Waals surface area (Å²) in [5, 5.41) is 13.2. The van der Waals surface area contributed by atoms with Gasteiger partial charge in [0.2, 0.25) is 0 Å². The minimum absolute atomic E-state index is 0.185. The Kier molecular flexibility index (Phi) is 3.46. The van der Waals surface area contributed by atoms with Gasteiger partial charge in [0.1, 0.15) is 0 Å². The van der Waals surface area contributed by atoms with Crippen LogP contribution in [0.1, 0.15) is 11.5 Å². The van der Waals surface area contributed by atoms with Gasteiger partial charge in [-0.3, -0.25) is 0 Å². The van der Waals surface area contributed by atoms with Crippen LogP contribution in [-0.2, 0) is 0 Å². The van der Waals surface area contributed by atoms with E-state index >= 15 is 0 Å². The van der Waals surface area contributed by atoms with Crippen LogP contribution in [0.4, 0.5) is 5.69 Å². The quantitative estimate of drug-likeness (QED) is 0.779. The van der Waals surface area contributed by atoms with Gasteiger partial charge in [-0.25, -0.2) is 0 Å². The third-order valence-electron chi connectivity index (χ3n) is 3.12. The number of hydrogen-bond donors (Lipinski definition) is 2. The Morgan fingerprint density at radius 2 is 1.94 bits per heavy atom. The lowest BCUT2D eigenvalue weighted by Gasteiger charge is -2.28. The molecular formula is C13H19N2O. The van der Waals surface area contributed by atoms with Gasteiger partial charge >= 0.3 is 0 Å². The average molecular weight is 219 g/mol. The first-order valence-electron chi connectivity index (χ1n) is 5.68. The molecule has 0 spiro atoms. The number of aliphatic hydroxyl groups excluding tert-OH is 1. The summed E-state index contributed by atoms with van der Waals surface area (Å²) in [6, 6.07) is 8.39. The fraction of sp³-hybridized carbons (Fsp3) is 0.462. The van der Waals surface area contributed by atoms with Crippen molar-refractivity contribution in [3.05, 3.63) is 36.2 Å². The first kappa shape index (κ1) is 11.4. The van der Waals surface area contributed by atoms with Crippen molar-refractivity contribution in [3.8, 4) is 0 Å². The minimum Gasteiger partial charge on any atom is -0.392 e. The summed E-state index contributed by atoms with van der Waals surface area (Å²) in [5.74, 6) is 0.185. The smallest absolute Gasteiger partial charge is 0.0665 e. The van der Waals surface area contributed by atoms with Crippen molar-refractivity contribution in [1.29, 1.82) is 0 Å². The molecule has 87 valence electrons. The Labute approximate surface area is 97.1 Å². The summed E-state index contributed by atoms with van der Waals surface area (Å²) in [5.41, 5.74) is 2.38. The molecule has 0 saturated carbocycles. The van der Waals surface area contributed by atoms with Gasteiger partial charge < -0.3 is 15.3 Å². The largest absolute Gasteiger partial charge is 0.392 e. The van der Waals surface area contributed by atoms with Crippen molar-refractivity contribution in [3.63, 3.8) is 0 Å². The lowest BCUT2D eigenvalue weighted by atomic mass is 9.89. The van der Waals surface area contributed by atoms with Gasteiger partial charge in [-0.1, -0.05) is 12.1 Å². The molecular weight excluding hydrogens is 200 g/mol. The Balaban J connectivity index is 2.14. The second-order valence-corrected chi connectivity index (χ2v) is 4.48. The predicted molar refractivity (Wildman–Crippen MR) is 66.7 cm³/mol. The van der Waals surface area contributed by atoms with Crippen molar-refractivity contribution in [2.45, 2.75) is 12.0 Å². The van der Waals surface area contributed by atoms with Crippen LogP contribution >= 0.6 is 0 Å². The van der Waals surface area contributed by atoms with Crippen molar-refractivity contribution in [2.24, 2.45) is 0 Å². The molecule has 0 aromatic heterocycles. The molecule has 3 heteroatoms. The van der Waals surface area contributed by atoms with E-state index < -0.39 is 0 Å². The monoisotopic (exact) mass is 219 g/mol. The summed E-state index contributed by atoms with van der Waals surface area (Å²) in [7, 11) is 4.06. The van der Waals surface area contributed by atoms with Crippen molar-refractivity contribution >= 4 is 5.69 Å². The lowest BCUT2D eigenvalue weighted by molar-refractivity contribution is 0.156. The Bertz CT molecular complexity index is 334. The zero-order chi connectivity index (χ0) is 11.5. The highest BCUT2D eigenvalue weighted by atomic mass is 16.3. The van der Waals surface area contributed by atoms with Gasteiger partial charge in [0.05, 0.1) is 6.10 Å². The van der Waals surface area contributed by atoms with Crippen LogP contribution in [0.25, 0.3) is 0 Å². The van der Waals surface area contributed by atoms with Crippen LogP contribution in [0.2, 0.25) is 0 Å². The van der Waals surface area contributed by atoms with Crippen LogP contribution in [0.3, 0.4) is 0 Å². The molecule has 1 aromatic rings. The maximum atomic E-state index is 9.89. The van der Waals surface area contributed by atoms with Crippen LogP contribution in [-0.4, -0.2) is 38.4 Å². The van der Waals surface area contributed by atoms with Crippen LogP contribution in [0.5, 0.6) is 0 Å². The predicted octanol–water partition coefficient (Wildman–Crippen LogP) is 1.00. The van der Waals surface area contributed by atoms with Gasteiger partial charge in [-0.15, -0.1) is 0 Å². The van der Waals surface area contributed by atoms with Gasteiger partial charge in [-0.05, 0) is 17.7 Å². The second kappa shape index (κ2) is 4.85. The van der Waals surface area contributed by atoms with Gasteiger partial charge in [-0.2, -0.15) is 0 Å². The maximum Gasteiger partial charge on any atom is 0.0665 e. The number of benzene rings is 1. The highest BCUT2D eigenvalue weighted by Crippen LogP contribution is 2.25. The molecule has 1 heterocycles. The Morgan fingerprint density at radius 1 is 1.25 bits per heavy atom. The van der Waals surface area contributed by atoms with Crippen molar-refractivity contribution < 1.29 is 5.11 Å². The standard InChI is InChI=1S/C13H19N2O/c1-15(2)11-5-3-10(4-6-11)12-9-14-8-7-13(12)16/h3-7,12-14,16H,8-9H2,1-2H3. The van der Waals surface area contributed by atoms with E-state index in [1.807, 2.05) is 20.5 Å². The van der Waals surface area contributed by atoms with Crippen LogP contribution in [0.15, 0.2) is 24.3 Å². The van der Waals surface area contributed by atoms with Crippen LogP contribution in [0, 0.1) is 6.42 Å². The van der Waals surface area contributed by atoms with E-state index in [2.05, 4.69) is 34.5 Å². The first-order valence-corrected chi connectivity index (χ1v) is 5.68. The molecule has 1 aliphatic rings. The van der Waals surface area contributed by atoms with E-state index in [9.17, 15) is 5.11 Å². The summed E-state index contributed by atoms with van der Waals surface area (Å²) >= 11 is 0. The van der Waals surface area contributed by atoms with E-state index in [1.54, 1.807) is 0 Å². The fourth-order valence-corrected chi connectivity index (χ4v) is 2.06. The van der Waals surface area contributed by atoms with Crippen LogP contribution < -0.4 is 10.2 Å². The molecule has 1 fully saturated rings. The van der Waals surface area contributed by atoms with E-state index in [0.29, 0.717) is 0 Å². The second-order valence-electron chi connectivity index (χ2n) is 4.48. The highest BCUT2D eigenvalue weighted by molar-refractivity contribution is 5.46. The van der Waals surface area contributed by atoms with E-state index in [1.165, 1.54) is 11.3 Å². The summed E-state index contributed by atoms with van der Waals surface area (Å²) in [6.07, 6.45) is 1.60. The molecule has 1 aliphatic heterocycles. The molecule has 0 amide bonds. The number of aliphatic hydroxyl groups is 1. The van der Waals surface area contributed by atoms with Crippen molar-refractivity contribution in [1.82, 2.24) is 5.32 Å².